The number of aliphatic imine (C=N–C) groups is 1. The first-order chi connectivity index (χ1) is 10.6. The van der Waals surface area contributed by atoms with E-state index in [4.69, 9.17) is 9.47 Å². The van der Waals surface area contributed by atoms with Gasteiger partial charge >= 0.3 is 0 Å². The van der Waals surface area contributed by atoms with Crippen molar-refractivity contribution in [3.05, 3.63) is 39.6 Å². The molecule has 0 aliphatic rings. The highest BCUT2D eigenvalue weighted by Gasteiger charge is 2.13. The summed E-state index contributed by atoms with van der Waals surface area (Å²) in [5, 5.41) is 1.91. The zero-order valence-corrected chi connectivity index (χ0v) is 13.5. The Morgan fingerprint density at radius 2 is 2.14 bits per heavy atom. The highest BCUT2D eigenvalue weighted by Crippen LogP contribution is 2.25. The number of nitrogens with zero attached hydrogens (tertiary/aromatic N) is 3. The molecule has 0 radical (unpaired) electrons. The van der Waals surface area contributed by atoms with Gasteiger partial charge in [0.25, 0.3) is 5.91 Å². The second kappa shape index (κ2) is 7.04. The largest absolute Gasteiger partial charge is 0.497 e. The van der Waals surface area contributed by atoms with Crippen LogP contribution in [-0.4, -0.2) is 31.4 Å². The lowest BCUT2D eigenvalue weighted by atomic mass is 10.2. The van der Waals surface area contributed by atoms with Gasteiger partial charge in [-0.25, -0.2) is 0 Å². The number of ether oxygens (including phenoxy) is 2. The third-order valence-corrected chi connectivity index (χ3v) is 4.09. The fourth-order valence-corrected chi connectivity index (χ4v) is 2.77. The molecule has 116 valence electrons. The van der Waals surface area contributed by atoms with Gasteiger partial charge in [0.2, 0.25) is 0 Å². The lowest BCUT2D eigenvalue weighted by molar-refractivity contribution is 0.0995. The predicted molar refractivity (Wildman–Crippen MR) is 86.0 cm³/mol. The average molecular weight is 319 g/mol. The summed E-state index contributed by atoms with van der Waals surface area (Å²) in [7, 11) is 4.90. The molecule has 6 nitrogen and oxygen atoms in total. The number of benzene rings is 1. The van der Waals surface area contributed by atoms with Crippen LogP contribution in [0.15, 0.2) is 33.6 Å². The van der Waals surface area contributed by atoms with Crippen molar-refractivity contribution < 1.29 is 14.3 Å². The minimum Gasteiger partial charge on any atom is -0.497 e. The Kier molecular flexibility index (Phi) is 5.11. The second-order valence-electron chi connectivity index (χ2n) is 4.43. The van der Waals surface area contributed by atoms with E-state index in [0.29, 0.717) is 28.4 Å². The van der Waals surface area contributed by atoms with Crippen LogP contribution in [0.4, 0.5) is 0 Å². The van der Waals surface area contributed by atoms with Crippen LogP contribution < -0.4 is 14.3 Å². The molecule has 0 fully saturated rings. The number of carbonyl (C=O) groups is 1. The Morgan fingerprint density at radius 3 is 2.77 bits per heavy atom. The Balaban J connectivity index is 2.40. The normalized spacial score (nSPS) is 11.3. The van der Waals surface area contributed by atoms with Crippen LogP contribution in [0.3, 0.4) is 0 Å². The van der Waals surface area contributed by atoms with Crippen LogP contribution in [0.2, 0.25) is 0 Å². The van der Waals surface area contributed by atoms with E-state index in [9.17, 15) is 4.79 Å². The first kappa shape index (κ1) is 16.0. The summed E-state index contributed by atoms with van der Waals surface area (Å²) in [4.78, 5) is 21.0. The summed E-state index contributed by atoms with van der Waals surface area (Å²) in [6.45, 7) is 3.96. The van der Waals surface area contributed by atoms with Gasteiger partial charge in [0.05, 0.1) is 32.0 Å². The zero-order valence-electron chi connectivity index (χ0n) is 12.7. The molecule has 7 heteroatoms. The number of hydrogen-bond donors (Lipinski definition) is 0. The molecule has 22 heavy (non-hydrogen) atoms. The fourth-order valence-electron chi connectivity index (χ4n) is 1.88. The maximum atomic E-state index is 12.4. The van der Waals surface area contributed by atoms with Gasteiger partial charge < -0.3 is 14.0 Å². The maximum Gasteiger partial charge on any atom is 0.283 e. The van der Waals surface area contributed by atoms with Crippen molar-refractivity contribution in [3.63, 3.8) is 0 Å². The monoisotopic (exact) mass is 319 g/mol. The quantitative estimate of drug-likeness (QED) is 0.792. The van der Waals surface area contributed by atoms with Crippen LogP contribution in [0.1, 0.15) is 16.1 Å². The molecular weight excluding hydrogens is 302 g/mol. The third-order valence-electron chi connectivity index (χ3n) is 3.13. The molecule has 2 rings (SSSR count). The van der Waals surface area contributed by atoms with E-state index in [1.165, 1.54) is 18.4 Å². The van der Waals surface area contributed by atoms with Gasteiger partial charge in [0.15, 0.2) is 4.80 Å². The van der Waals surface area contributed by atoms with E-state index in [-0.39, 0.29) is 5.91 Å². The minimum absolute atomic E-state index is 0.366. The Hall–Kier alpha value is -2.41. The molecule has 1 heterocycles. The van der Waals surface area contributed by atoms with Gasteiger partial charge in [-0.05, 0) is 18.9 Å². The fraction of sp³-hybridized carbons (Fsp3) is 0.267. The average Bonchev–Trinajstić information content (AvgIpc) is 2.87. The van der Waals surface area contributed by atoms with Crippen molar-refractivity contribution in [2.24, 2.45) is 17.0 Å². The van der Waals surface area contributed by atoms with Crippen LogP contribution in [0, 0.1) is 0 Å². The lowest BCUT2D eigenvalue weighted by Gasteiger charge is -2.07. The third kappa shape index (κ3) is 3.25. The molecule has 0 aliphatic heterocycles. The van der Waals surface area contributed by atoms with E-state index in [0.717, 1.165) is 5.69 Å². The summed E-state index contributed by atoms with van der Waals surface area (Å²) in [6, 6.07) is 5.00. The molecule has 2 aromatic rings. The SMILES string of the molecule is C=NCc1csc(=NC(=O)c2ccc(OC)cc2OC)n1C. The standard InChI is InChI=1S/C15H17N3O3S/c1-16-8-10-9-22-15(18(10)2)17-14(19)12-6-5-11(20-3)7-13(12)21-4/h5-7,9H,1,8H2,2-4H3. The molecule has 0 bridgehead atoms. The van der Waals surface area contributed by atoms with Crippen molar-refractivity contribution in [2.75, 3.05) is 14.2 Å². The number of methoxy groups -OCH3 is 2. The van der Waals surface area contributed by atoms with Crippen LogP contribution >= 0.6 is 11.3 Å². The van der Waals surface area contributed by atoms with Gasteiger partial charge in [0.1, 0.15) is 11.5 Å². The van der Waals surface area contributed by atoms with Crippen LogP contribution in [0.25, 0.3) is 0 Å². The van der Waals surface area contributed by atoms with E-state index in [2.05, 4.69) is 16.7 Å². The molecule has 0 N–H and O–H groups in total. The molecular formula is C15H17N3O3S. The molecule has 0 saturated carbocycles. The number of carbonyl (C=O) groups excluding carboxylic acids is 1. The second-order valence-corrected chi connectivity index (χ2v) is 5.27. The van der Waals surface area contributed by atoms with Gasteiger partial charge in [-0.15, -0.1) is 11.3 Å². The Bertz CT molecular complexity index is 762. The van der Waals surface area contributed by atoms with E-state index < -0.39 is 0 Å². The maximum absolute atomic E-state index is 12.4. The summed E-state index contributed by atoms with van der Waals surface area (Å²) < 4.78 is 12.2. The van der Waals surface area contributed by atoms with E-state index in [1.807, 2.05) is 17.0 Å². The van der Waals surface area contributed by atoms with Crippen molar-refractivity contribution in [1.29, 1.82) is 0 Å². The number of amides is 1. The van der Waals surface area contributed by atoms with E-state index in [1.54, 1.807) is 25.3 Å². The molecule has 0 spiro atoms. The minimum atomic E-state index is -0.366. The Labute approximate surface area is 132 Å². The first-order valence-corrected chi connectivity index (χ1v) is 7.35. The predicted octanol–water partition coefficient (Wildman–Crippen LogP) is 2.05. The van der Waals surface area contributed by atoms with Crippen LogP contribution in [-0.2, 0) is 13.6 Å². The van der Waals surface area contributed by atoms with Gasteiger partial charge in [-0.3, -0.25) is 9.79 Å². The number of hydrogen-bond acceptors (Lipinski definition) is 5. The first-order valence-electron chi connectivity index (χ1n) is 6.47. The molecule has 0 unspecified atom stereocenters. The number of thiazole rings is 1. The Morgan fingerprint density at radius 1 is 1.36 bits per heavy atom. The van der Waals surface area contributed by atoms with E-state index >= 15 is 0 Å². The summed E-state index contributed by atoms with van der Waals surface area (Å²) in [6.07, 6.45) is 0. The van der Waals surface area contributed by atoms with Crippen molar-refractivity contribution in [1.82, 2.24) is 4.57 Å². The topological polar surface area (TPSA) is 65.2 Å². The summed E-state index contributed by atoms with van der Waals surface area (Å²) in [5.74, 6) is 0.685. The zero-order chi connectivity index (χ0) is 16.1. The number of aromatic nitrogens is 1. The van der Waals surface area contributed by atoms with Crippen molar-refractivity contribution in [2.45, 2.75) is 6.54 Å². The molecule has 0 saturated heterocycles. The smallest absolute Gasteiger partial charge is 0.283 e. The molecule has 1 aromatic carbocycles. The lowest BCUT2D eigenvalue weighted by Crippen LogP contribution is -2.15. The van der Waals surface area contributed by atoms with Gasteiger partial charge in [-0.1, -0.05) is 0 Å². The summed E-state index contributed by atoms with van der Waals surface area (Å²) >= 11 is 1.38. The highest BCUT2D eigenvalue weighted by molar-refractivity contribution is 7.07. The highest BCUT2D eigenvalue weighted by atomic mass is 32.1. The van der Waals surface area contributed by atoms with Crippen LogP contribution in [0.5, 0.6) is 11.5 Å². The van der Waals surface area contributed by atoms with Gasteiger partial charge in [0, 0.05) is 18.5 Å². The number of rotatable bonds is 5. The molecule has 1 aromatic heterocycles. The van der Waals surface area contributed by atoms with Gasteiger partial charge in [-0.2, -0.15) is 4.99 Å². The molecule has 0 atom stereocenters. The molecule has 0 aliphatic carbocycles. The van der Waals surface area contributed by atoms with Crippen molar-refractivity contribution >= 4 is 24.0 Å². The molecule has 1 amide bonds. The van der Waals surface area contributed by atoms with Crippen molar-refractivity contribution in [3.8, 4) is 11.5 Å². The summed E-state index contributed by atoms with van der Waals surface area (Å²) in [5.41, 5.74) is 1.34.